The van der Waals surface area contributed by atoms with Crippen LogP contribution >= 0.6 is 11.6 Å². The summed E-state index contributed by atoms with van der Waals surface area (Å²) in [6.07, 6.45) is 3.47. The minimum absolute atomic E-state index is 0.0121. The largest absolute Gasteiger partial charge is 0.349 e. The van der Waals surface area contributed by atoms with Gasteiger partial charge in [-0.15, -0.1) is 0 Å². The van der Waals surface area contributed by atoms with Crippen molar-refractivity contribution in [2.45, 2.75) is 45.7 Å². The molecule has 28 heavy (non-hydrogen) atoms. The number of nitrogens with zero attached hydrogens (tertiary/aromatic N) is 1. The van der Waals surface area contributed by atoms with E-state index in [1.807, 2.05) is 20.8 Å². The fourth-order valence-electron chi connectivity index (χ4n) is 2.79. The first kappa shape index (κ1) is 22.0. The zero-order chi connectivity index (χ0) is 20.8. The number of nitrogens with one attached hydrogen (secondary N) is 1. The summed E-state index contributed by atoms with van der Waals surface area (Å²) in [6.45, 7) is 5.69. The summed E-state index contributed by atoms with van der Waals surface area (Å²) in [5.41, 5.74) is 6.17. The highest BCUT2D eigenvalue weighted by molar-refractivity contribution is 6.35. The van der Waals surface area contributed by atoms with Gasteiger partial charge in [0.25, 0.3) is 0 Å². The Labute approximate surface area is 169 Å². The van der Waals surface area contributed by atoms with Crippen LogP contribution in [0.15, 0.2) is 36.7 Å². The van der Waals surface area contributed by atoms with E-state index in [0.29, 0.717) is 6.42 Å². The molecule has 0 aliphatic heterocycles. The van der Waals surface area contributed by atoms with Gasteiger partial charge >= 0.3 is 0 Å². The number of hydrogen-bond donors (Lipinski definition) is 2. The molecule has 1 aromatic heterocycles. The molecule has 2 aromatic rings. The van der Waals surface area contributed by atoms with Gasteiger partial charge in [-0.05, 0) is 30.5 Å². The molecule has 0 fully saturated rings. The number of benzene rings is 1. The van der Waals surface area contributed by atoms with Gasteiger partial charge in [0.15, 0.2) is 5.78 Å². The van der Waals surface area contributed by atoms with E-state index in [-0.39, 0.29) is 46.0 Å². The van der Waals surface area contributed by atoms with Crippen molar-refractivity contribution in [3.63, 3.8) is 0 Å². The summed E-state index contributed by atoms with van der Waals surface area (Å²) < 4.78 is 15.2. The van der Waals surface area contributed by atoms with E-state index in [4.69, 9.17) is 17.3 Å². The predicted octanol–water partition coefficient (Wildman–Crippen LogP) is 4.05. The lowest BCUT2D eigenvalue weighted by atomic mass is 9.96. The molecule has 7 heteroatoms. The van der Waals surface area contributed by atoms with Gasteiger partial charge in [-0.2, -0.15) is 0 Å². The second kappa shape index (κ2) is 9.75. The number of amides is 1. The molecule has 0 bridgehead atoms. The van der Waals surface area contributed by atoms with E-state index in [1.54, 1.807) is 12.1 Å². The molecule has 0 radical (unpaired) electrons. The van der Waals surface area contributed by atoms with Crippen LogP contribution in [0, 0.1) is 11.7 Å². The van der Waals surface area contributed by atoms with Crippen LogP contribution in [0.2, 0.25) is 5.02 Å². The average Bonchev–Trinajstić information content (AvgIpc) is 2.67. The molecule has 0 aliphatic rings. The molecule has 150 valence electrons. The SMILES string of the molecule is CC[C@H](NC(=O)C[C@@H](N)C(C)C)c1ccc(Cl)c(C(=O)c2cccnc2)c1F. The van der Waals surface area contributed by atoms with Crippen molar-refractivity contribution in [2.24, 2.45) is 11.7 Å². The number of rotatable bonds is 8. The number of ketones is 1. The zero-order valence-electron chi connectivity index (χ0n) is 16.2. The Morgan fingerprint density at radius 3 is 2.57 bits per heavy atom. The number of carbonyl (C=O) groups is 2. The van der Waals surface area contributed by atoms with Crippen LogP contribution in [0.5, 0.6) is 0 Å². The number of aromatic nitrogens is 1. The van der Waals surface area contributed by atoms with E-state index < -0.39 is 17.6 Å². The van der Waals surface area contributed by atoms with Gasteiger partial charge in [0.2, 0.25) is 5.91 Å². The van der Waals surface area contributed by atoms with Crippen molar-refractivity contribution in [3.8, 4) is 0 Å². The van der Waals surface area contributed by atoms with Gasteiger partial charge in [-0.1, -0.05) is 38.4 Å². The van der Waals surface area contributed by atoms with Crippen molar-refractivity contribution in [1.82, 2.24) is 10.3 Å². The summed E-state index contributed by atoms with van der Waals surface area (Å²) in [6, 6.07) is 5.23. The molecule has 5 nitrogen and oxygen atoms in total. The van der Waals surface area contributed by atoms with Gasteiger partial charge in [0.05, 0.1) is 16.6 Å². The van der Waals surface area contributed by atoms with Crippen LogP contribution in [0.4, 0.5) is 4.39 Å². The molecule has 1 heterocycles. The molecule has 0 spiro atoms. The van der Waals surface area contributed by atoms with Crippen molar-refractivity contribution >= 4 is 23.3 Å². The van der Waals surface area contributed by atoms with Crippen molar-refractivity contribution in [3.05, 3.63) is 64.2 Å². The van der Waals surface area contributed by atoms with Crippen LogP contribution in [-0.2, 0) is 4.79 Å². The Kier molecular flexibility index (Phi) is 7.66. The average molecular weight is 406 g/mol. The Bertz CT molecular complexity index is 843. The quantitative estimate of drug-likeness (QED) is 0.649. The number of pyridine rings is 1. The highest BCUT2D eigenvalue weighted by Crippen LogP contribution is 2.29. The first-order valence-electron chi connectivity index (χ1n) is 9.23. The summed E-state index contributed by atoms with van der Waals surface area (Å²) in [7, 11) is 0. The first-order valence-corrected chi connectivity index (χ1v) is 9.61. The Hall–Kier alpha value is -2.31. The number of hydrogen-bond acceptors (Lipinski definition) is 4. The summed E-state index contributed by atoms with van der Waals surface area (Å²) >= 11 is 6.12. The minimum Gasteiger partial charge on any atom is -0.349 e. The van der Waals surface area contributed by atoms with E-state index in [1.165, 1.54) is 24.5 Å². The van der Waals surface area contributed by atoms with E-state index in [9.17, 15) is 9.59 Å². The standard InChI is InChI=1S/C21H25ClFN3O2/c1-4-17(26-18(27)10-16(24)12(2)3)14-7-8-15(22)19(20(14)23)21(28)13-6-5-9-25-11-13/h5-9,11-12,16-17H,4,10,24H2,1-3H3,(H,26,27)/t16-,17+/m1/s1. The van der Waals surface area contributed by atoms with Gasteiger partial charge < -0.3 is 11.1 Å². The maximum atomic E-state index is 15.2. The third-order valence-electron chi connectivity index (χ3n) is 4.67. The van der Waals surface area contributed by atoms with Crippen LogP contribution in [-0.4, -0.2) is 22.7 Å². The normalized spacial score (nSPS) is 13.2. The number of carbonyl (C=O) groups excluding carboxylic acids is 2. The second-order valence-corrected chi connectivity index (χ2v) is 7.44. The topological polar surface area (TPSA) is 85.1 Å². The smallest absolute Gasteiger partial charge is 0.222 e. The zero-order valence-corrected chi connectivity index (χ0v) is 17.0. The van der Waals surface area contributed by atoms with Gasteiger partial charge in [-0.25, -0.2) is 4.39 Å². The number of nitrogens with two attached hydrogens (primary N) is 1. The lowest BCUT2D eigenvalue weighted by molar-refractivity contribution is -0.122. The maximum absolute atomic E-state index is 15.2. The van der Waals surface area contributed by atoms with E-state index >= 15 is 4.39 Å². The third kappa shape index (κ3) is 5.14. The van der Waals surface area contributed by atoms with Crippen LogP contribution in [0.25, 0.3) is 0 Å². The second-order valence-electron chi connectivity index (χ2n) is 7.04. The summed E-state index contributed by atoms with van der Waals surface area (Å²) in [5, 5.41) is 2.82. The lowest BCUT2D eigenvalue weighted by Crippen LogP contribution is -2.36. The Morgan fingerprint density at radius 2 is 2.00 bits per heavy atom. The van der Waals surface area contributed by atoms with E-state index in [2.05, 4.69) is 10.3 Å². The monoisotopic (exact) mass is 405 g/mol. The molecule has 1 amide bonds. The van der Waals surface area contributed by atoms with Gasteiger partial charge in [-0.3, -0.25) is 14.6 Å². The van der Waals surface area contributed by atoms with Crippen molar-refractivity contribution in [2.75, 3.05) is 0 Å². The molecule has 0 saturated carbocycles. The third-order valence-corrected chi connectivity index (χ3v) is 4.98. The fraction of sp³-hybridized carbons (Fsp3) is 0.381. The molecule has 0 saturated heterocycles. The van der Waals surface area contributed by atoms with Gasteiger partial charge in [0.1, 0.15) is 5.82 Å². The van der Waals surface area contributed by atoms with Crippen LogP contribution < -0.4 is 11.1 Å². The Balaban J connectivity index is 2.32. The van der Waals surface area contributed by atoms with Crippen molar-refractivity contribution < 1.29 is 14.0 Å². The molecule has 2 atom stereocenters. The predicted molar refractivity (Wildman–Crippen MR) is 108 cm³/mol. The van der Waals surface area contributed by atoms with Crippen LogP contribution in [0.1, 0.15) is 61.1 Å². The minimum atomic E-state index is -0.735. The summed E-state index contributed by atoms with van der Waals surface area (Å²) in [4.78, 5) is 28.9. The van der Waals surface area contributed by atoms with E-state index in [0.717, 1.165) is 0 Å². The maximum Gasteiger partial charge on any atom is 0.222 e. The highest BCUT2D eigenvalue weighted by Gasteiger charge is 2.25. The molecular formula is C21H25ClFN3O2. The van der Waals surface area contributed by atoms with Crippen LogP contribution in [0.3, 0.4) is 0 Å². The fourth-order valence-corrected chi connectivity index (χ4v) is 3.02. The summed E-state index contributed by atoms with van der Waals surface area (Å²) in [5.74, 6) is -1.40. The van der Waals surface area contributed by atoms with Crippen molar-refractivity contribution in [1.29, 1.82) is 0 Å². The molecule has 2 rings (SSSR count). The molecule has 1 aromatic carbocycles. The number of halogens is 2. The molecule has 0 unspecified atom stereocenters. The molecule has 0 aliphatic carbocycles. The Morgan fingerprint density at radius 1 is 1.29 bits per heavy atom. The lowest BCUT2D eigenvalue weighted by Gasteiger charge is -2.22. The van der Waals surface area contributed by atoms with Gasteiger partial charge in [0, 0.05) is 36.0 Å². The molecular weight excluding hydrogens is 381 g/mol. The first-order chi connectivity index (χ1) is 13.3. The highest BCUT2D eigenvalue weighted by atomic mass is 35.5. The molecule has 3 N–H and O–H groups in total.